The molecule has 30 heavy (non-hydrogen) atoms. The molecule has 1 aromatic rings. The second-order valence-electron chi connectivity index (χ2n) is 10.4. The van der Waals surface area contributed by atoms with Crippen molar-refractivity contribution in [2.24, 2.45) is 23.2 Å². The van der Waals surface area contributed by atoms with Crippen LogP contribution in [0, 0.1) is 23.2 Å². The van der Waals surface area contributed by atoms with Gasteiger partial charge in [-0.1, -0.05) is 85.3 Å². The third kappa shape index (κ3) is 5.37. The number of hydrogen-bond acceptors (Lipinski definition) is 2. The predicted molar refractivity (Wildman–Crippen MR) is 126 cm³/mol. The van der Waals surface area contributed by atoms with Crippen molar-refractivity contribution in [1.29, 1.82) is 0 Å². The molecule has 0 aromatic heterocycles. The summed E-state index contributed by atoms with van der Waals surface area (Å²) in [5, 5.41) is 0. The molecule has 0 heterocycles. The number of hydrogen-bond donors (Lipinski definition) is 0. The summed E-state index contributed by atoms with van der Waals surface area (Å²) in [4.78, 5) is 12.4. The van der Waals surface area contributed by atoms with E-state index in [0.29, 0.717) is 18.1 Å². The summed E-state index contributed by atoms with van der Waals surface area (Å²) >= 11 is 0. The van der Waals surface area contributed by atoms with E-state index in [2.05, 4.69) is 58.9 Å². The van der Waals surface area contributed by atoms with Gasteiger partial charge in [0.05, 0.1) is 0 Å². The molecule has 166 valence electrons. The number of carbonyl (C=O) groups is 1. The second kappa shape index (κ2) is 10.2. The van der Waals surface area contributed by atoms with Crippen LogP contribution in [0.25, 0.3) is 0 Å². The lowest BCUT2D eigenvalue weighted by Gasteiger charge is -2.36. The van der Waals surface area contributed by atoms with E-state index in [0.717, 1.165) is 36.2 Å². The quantitative estimate of drug-likeness (QED) is 0.433. The summed E-state index contributed by atoms with van der Waals surface area (Å²) in [6, 6.07) is 8.82. The zero-order valence-electron chi connectivity index (χ0n) is 19.9. The molecule has 0 bridgehead atoms. The van der Waals surface area contributed by atoms with Crippen molar-refractivity contribution in [1.82, 2.24) is 0 Å². The SMILES string of the molecule is CCCCC1CCCC(c2ccc(OC3=CCC(=O)C(C(C)(C)CC)C3)cc2)C1C. The minimum Gasteiger partial charge on any atom is -0.462 e. The summed E-state index contributed by atoms with van der Waals surface area (Å²) < 4.78 is 6.23. The molecule has 1 saturated carbocycles. The number of benzene rings is 1. The molecule has 1 aromatic carbocycles. The van der Waals surface area contributed by atoms with Gasteiger partial charge in [0.25, 0.3) is 0 Å². The molecule has 3 rings (SSSR count). The fraction of sp³-hybridized carbons (Fsp3) is 0.679. The van der Waals surface area contributed by atoms with Gasteiger partial charge in [0.15, 0.2) is 0 Å². The Morgan fingerprint density at radius 3 is 2.50 bits per heavy atom. The Bertz CT molecular complexity index is 728. The zero-order chi connectivity index (χ0) is 21.7. The van der Waals surface area contributed by atoms with Gasteiger partial charge in [-0.3, -0.25) is 4.79 Å². The highest BCUT2D eigenvalue weighted by molar-refractivity contribution is 5.84. The molecular formula is C28H42O2. The number of ether oxygens (including phenoxy) is 1. The molecule has 0 saturated heterocycles. The van der Waals surface area contributed by atoms with E-state index in [1.54, 1.807) is 0 Å². The van der Waals surface area contributed by atoms with Crippen LogP contribution in [0.15, 0.2) is 36.1 Å². The van der Waals surface area contributed by atoms with Crippen molar-refractivity contribution in [2.45, 2.75) is 98.3 Å². The first-order valence-corrected chi connectivity index (χ1v) is 12.3. The van der Waals surface area contributed by atoms with Crippen LogP contribution in [0.2, 0.25) is 0 Å². The number of carbonyl (C=O) groups excluding carboxylic acids is 1. The summed E-state index contributed by atoms with van der Waals surface area (Å²) in [5.41, 5.74) is 1.49. The maximum atomic E-state index is 12.4. The molecule has 2 heteroatoms. The monoisotopic (exact) mass is 410 g/mol. The van der Waals surface area contributed by atoms with Gasteiger partial charge in [0.2, 0.25) is 0 Å². The van der Waals surface area contributed by atoms with Crippen LogP contribution in [0.5, 0.6) is 5.75 Å². The Labute approximate surface area is 184 Å². The average molecular weight is 411 g/mol. The second-order valence-corrected chi connectivity index (χ2v) is 10.4. The van der Waals surface area contributed by atoms with E-state index < -0.39 is 0 Å². The lowest BCUT2D eigenvalue weighted by Crippen LogP contribution is -2.33. The van der Waals surface area contributed by atoms with E-state index in [9.17, 15) is 4.79 Å². The van der Waals surface area contributed by atoms with Crippen molar-refractivity contribution >= 4 is 5.78 Å². The molecule has 1 fully saturated rings. The third-order valence-electron chi connectivity index (χ3n) is 8.13. The fourth-order valence-corrected chi connectivity index (χ4v) is 5.53. The Morgan fingerprint density at radius 1 is 1.10 bits per heavy atom. The minimum absolute atomic E-state index is 0.0231. The van der Waals surface area contributed by atoms with Gasteiger partial charge in [-0.05, 0) is 53.4 Å². The average Bonchev–Trinajstić information content (AvgIpc) is 2.75. The van der Waals surface area contributed by atoms with Gasteiger partial charge in [0.1, 0.15) is 17.3 Å². The molecule has 2 aliphatic carbocycles. The molecule has 4 atom stereocenters. The highest BCUT2D eigenvalue weighted by atomic mass is 16.5. The maximum Gasteiger partial charge on any atom is 0.140 e. The van der Waals surface area contributed by atoms with Crippen LogP contribution in [0.1, 0.15) is 104 Å². The van der Waals surface area contributed by atoms with Crippen LogP contribution in [-0.4, -0.2) is 5.78 Å². The van der Waals surface area contributed by atoms with Crippen molar-refractivity contribution in [3.05, 3.63) is 41.7 Å². The highest BCUT2D eigenvalue weighted by Crippen LogP contribution is 2.43. The molecule has 0 spiro atoms. The molecule has 2 nitrogen and oxygen atoms in total. The van der Waals surface area contributed by atoms with Crippen LogP contribution in [-0.2, 0) is 4.79 Å². The first-order valence-electron chi connectivity index (χ1n) is 12.3. The van der Waals surface area contributed by atoms with Gasteiger partial charge >= 0.3 is 0 Å². The Morgan fingerprint density at radius 2 is 1.83 bits per heavy atom. The molecular weight excluding hydrogens is 368 g/mol. The fourth-order valence-electron chi connectivity index (χ4n) is 5.53. The number of rotatable bonds is 8. The van der Waals surface area contributed by atoms with E-state index in [-0.39, 0.29) is 11.3 Å². The summed E-state index contributed by atoms with van der Waals surface area (Å²) in [6.45, 7) is 11.3. The summed E-state index contributed by atoms with van der Waals surface area (Å²) in [7, 11) is 0. The highest BCUT2D eigenvalue weighted by Gasteiger charge is 2.36. The molecule has 0 N–H and O–H groups in total. The van der Waals surface area contributed by atoms with Gasteiger partial charge in [-0.25, -0.2) is 0 Å². The molecule has 0 radical (unpaired) electrons. The predicted octanol–water partition coefficient (Wildman–Crippen LogP) is 8.07. The molecule has 2 aliphatic rings. The zero-order valence-corrected chi connectivity index (χ0v) is 19.9. The van der Waals surface area contributed by atoms with Crippen molar-refractivity contribution < 1.29 is 9.53 Å². The number of unbranched alkanes of at least 4 members (excludes halogenated alkanes) is 1. The maximum absolute atomic E-state index is 12.4. The van der Waals surface area contributed by atoms with Crippen molar-refractivity contribution in [2.75, 3.05) is 0 Å². The molecule has 4 unspecified atom stereocenters. The molecule has 0 amide bonds. The van der Waals surface area contributed by atoms with Crippen LogP contribution in [0.4, 0.5) is 0 Å². The Balaban J connectivity index is 1.64. The Kier molecular flexibility index (Phi) is 7.82. The third-order valence-corrected chi connectivity index (χ3v) is 8.13. The topological polar surface area (TPSA) is 26.3 Å². The van der Waals surface area contributed by atoms with Crippen LogP contribution >= 0.6 is 0 Å². The number of Topliss-reactive ketones (excluding diaryl/α,β-unsaturated/α-hetero) is 1. The minimum atomic E-state index is 0.0231. The lowest BCUT2D eigenvalue weighted by atomic mass is 9.69. The van der Waals surface area contributed by atoms with E-state index in [1.807, 2.05) is 6.08 Å². The molecule has 0 aliphatic heterocycles. The largest absolute Gasteiger partial charge is 0.462 e. The van der Waals surface area contributed by atoms with Gasteiger partial charge in [-0.15, -0.1) is 0 Å². The van der Waals surface area contributed by atoms with Gasteiger partial charge in [-0.2, -0.15) is 0 Å². The summed E-state index contributed by atoms with van der Waals surface area (Å²) in [6.07, 6.45) is 12.3. The van der Waals surface area contributed by atoms with Crippen LogP contribution in [0.3, 0.4) is 0 Å². The first-order chi connectivity index (χ1) is 14.4. The van der Waals surface area contributed by atoms with E-state index in [4.69, 9.17) is 4.74 Å². The first kappa shape index (κ1) is 23.1. The van der Waals surface area contributed by atoms with Crippen molar-refractivity contribution in [3.63, 3.8) is 0 Å². The van der Waals surface area contributed by atoms with Crippen LogP contribution < -0.4 is 4.74 Å². The lowest BCUT2D eigenvalue weighted by molar-refractivity contribution is -0.126. The number of ketones is 1. The van der Waals surface area contributed by atoms with Crippen molar-refractivity contribution in [3.8, 4) is 5.75 Å². The smallest absolute Gasteiger partial charge is 0.140 e. The van der Waals surface area contributed by atoms with E-state index in [1.165, 1.54) is 44.1 Å². The summed E-state index contributed by atoms with van der Waals surface area (Å²) in [5.74, 6) is 4.59. The van der Waals surface area contributed by atoms with Gasteiger partial charge in [0, 0.05) is 18.8 Å². The van der Waals surface area contributed by atoms with Gasteiger partial charge < -0.3 is 4.74 Å². The normalized spacial score (nSPS) is 27.6. The standard InChI is InChI=1S/C28H42O2/c1-6-8-10-21-11-9-12-25(20(21)3)22-13-15-23(16-14-22)30-24-17-18-27(29)26(19-24)28(4,5)7-2/h13-17,20-21,25-26H,6-12,18-19H2,1-5H3. The Hall–Kier alpha value is -1.57. The van der Waals surface area contributed by atoms with E-state index >= 15 is 0 Å². The number of allylic oxidation sites excluding steroid dienone is 2.